The predicted molar refractivity (Wildman–Crippen MR) is 49.3 cm³/mol. The zero-order valence-electron chi connectivity index (χ0n) is 8.68. The molecule has 0 spiro atoms. The highest BCUT2D eigenvalue weighted by Gasteiger charge is 2.35. The first-order valence-corrected chi connectivity index (χ1v) is 4.38. The smallest absolute Gasteiger partial charge is 0.417 e. The molecule has 0 saturated carbocycles. The zero-order valence-corrected chi connectivity index (χ0v) is 8.68. The molecule has 0 bridgehead atoms. The lowest BCUT2D eigenvalue weighted by Crippen LogP contribution is -2.12. The lowest BCUT2D eigenvalue weighted by Gasteiger charge is -2.14. The molecule has 0 fully saturated rings. The van der Waals surface area contributed by atoms with Gasteiger partial charge in [-0.1, -0.05) is 0 Å². The number of aldehydes is 1. The van der Waals surface area contributed by atoms with E-state index in [0.717, 1.165) is 0 Å². The maximum absolute atomic E-state index is 13.2. The van der Waals surface area contributed by atoms with Crippen LogP contribution in [0.1, 0.15) is 15.9 Å². The number of rotatable bonds is 4. The van der Waals surface area contributed by atoms with Crippen molar-refractivity contribution in [2.24, 2.45) is 0 Å². The van der Waals surface area contributed by atoms with E-state index in [1.807, 2.05) is 0 Å². The second-order valence-corrected chi connectivity index (χ2v) is 3.00. The zero-order chi connectivity index (χ0) is 13.1. The number of hydrogen-bond donors (Lipinski definition) is 0. The summed E-state index contributed by atoms with van der Waals surface area (Å²) < 4.78 is 59.8. The number of methoxy groups -OCH3 is 1. The number of ether oxygens (including phenoxy) is 2. The lowest BCUT2D eigenvalue weighted by molar-refractivity contribution is -0.138. The molecule has 17 heavy (non-hydrogen) atoms. The summed E-state index contributed by atoms with van der Waals surface area (Å²) in [5.41, 5.74) is -2.13. The third-order valence-corrected chi connectivity index (χ3v) is 1.89. The Labute approximate surface area is 93.9 Å². The van der Waals surface area contributed by atoms with Crippen molar-refractivity contribution in [2.45, 2.75) is 6.18 Å². The van der Waals surface area contributed by atoms with Gasteiger partial charge in [0.05, 0.1) is 11.1 Å². The van der Waals surface area contributed by atoms with Crippen molar-refractivity contribution in [1.29, 1.82) is 0 Å². The van der Waals surface area contributed by atoms with E-state index in [1.165, 1.54) is 7.11 Å². The number of hydrogen-bond acceptors (Lipinski definition) is 3. The lowest BCUT2D eigenvalue weighted by atomic mass is 10.1. The second kappa shape index (κ2) is 5.13. The number of alkyl halides is 3. The van der Waals surface area contributed by atoms with Gasteiger partial charge in [0.15, 0.2) is 24.6 Å². The minimum atomic E-state index is -4.75. The standard InChI is InChI=1S/C10H8F4O3/c1-16-5-17-9-6(4-15)7(10(12,13)14)2-3-8(9)11/h2-4H,5H2,1H3. The molecular weight excluding hydrogens is 244 g/mol. The van der Waals surface area contributed by atoms with Crippen LogP contribution in [0.4, 0.5) is 17.6 Å². The summed E-state index contributed by atoms with van der Waals surface area (Å²) >= 11 is 0. The highest BCUT2D eigenvalue weighted by molar-refractivity contribution is 5.82. The van der Waals surface area contributed by atoms with Crippen LogP contribution in [0.15, 0.2) is 12.1 Å². The van der Waals surface area contributed by atoms with Gasteiger partial charge in [-0.3, -0.25) is 4.79 Å². The van der Waals surface area contributed by atoms with E-state index in [1.54, 1.807) is 0 Å². The minimum absolute atomic E-state index is 0.100. The summed E-state index contributed by atoms with van der Waals surface area (Å²) in [4.78, 5) is 10.6. The van der Waals surface area contributed by atoms with Gasteiger partial charge in [0, 0.05) is 7.11 Å². The van der Waals surface area contributed by atoms with Gasteiger partial charge in [0.2, 0.25) is 0 Å². The predicted octanol–water partition coefficient (Wildman–Crippen LogP) is 2.64. The van der Waals surface area contributed by atoms with Crippen LogP contribution in [-0.2, 0) is 10.9 Å². The number of carbonyl (C=O) groups excluding carboxylic acids is 1. The largest absolute Gasteiger partial charge is 0.464 e. The third-order valence-electron chi connectivity index (χ3n) is 1.89. The molecule has 0 N–H and O–H groups in total. The van der Waals surface area contributed by atoms with Crippen LogP contribution in [0.25, 0.3) is 0 Å². The van der Waals surface area contributed by atoms with Gasteiger partial charge in [-0.15, -0.1) is 0 Å². The van der Waals surface area contributed by atoms with E-state index in [2.05, 4.69) is 9.47 Å². The highest BCUT2D eigenvalue weighted by Crippen LogP contribution is 2.36. The Morgan fingerprint density at radius 3 is 2.47 bits per heavy atom. The van der Waals surface area contributed by atoms with E-state index < -0.39 is 35.7 Å². The van der Waals surface area contributed by atoms with Gasteiger partial charge in [-0.05, 0) is 12.1 Å². The monoisotopic (exact) mass is 252 g/mol. The molecule has 0 amide bonds. The fraction of sp³-hybridized carbons (Fsp3) is 0.300. The minimum Gasteiger partial charge on any atom is -0.464 e. The van der Waals surface area contributed by atoms with Gasteiger partial charge in [0.1, 0.15) is 0 Å². The van der Waals surface area contributed by atoms with Crippen molar-refractivity contribution in [3.8, 4) is 5.75 Å². The van der Waals surface area contributed by atoms with Crippen molar-refractivity contribution >= 4 is 6.29 Å². The Morgan fingerprint density at radius 2 is 2.00 bits per heavy atom. The molecule has 1 rings (SSSR count). The molecule has 0 aliphatic carbocycles. The van der Waals surface area contributed by atoms with Crippen LogP contribution in [-0.4, -0.2) is 20.2 Å². The van der Waals surface area contributed by atoms with E-state index in [9.17, 15) is 22.4 Å². The molecule has 0 heterocycles. The van der Waals surface area contributed by atoms with Crippen molar-refractivity contribution < 1.29 is 31.8 Å². The van der Waals surface area contributed by atoms with E-state index >= 15 is 0 Å². The second-order valence-electron chi connectivity index (χ2n) is 3.00. The molecule has 1 aromatic carbocycles. The van der Waals surface area contributed by atoms with Crippen LogP contribution >= 0.6 is 0 Å². The summed E-state index contributed by atoms with van der Waals surface area (Å²) in [6, 6.07) is 1.07. The number of halogens is 4. The number of benzene rings is 1. The molecule has 3 nitrogen and oxygen atoms in total. The quantitative estimate of drug-likeness (QED) is 0.469. The first-order valence-electron chi connectivity index (χ1n) is 4.38. The maximum Gasteiger partial charge on any atom is 0.417 e. The Bertz CT molecular complexity index is 415. The van der Waals surface area contributed by atoms with Crippen LogP contribution in [0.2, 0.25) is 0 Å². The molecule has 0 aliphatic rings. The first-order chi connectivity index (χ1) is 7.91. The molecule has 1 aromatic rings. The fourth-order valence-corrected chi connectivity index (χ4v) is 1.20. The van der Waals surface area contributed by atoms with Gasteiger partial charge < -0.3 is 9.47 Å². The van der Waals surface area contributed by atoms with Crippen LogP contribution in [0.5, 0.6) is 5.75 Å². The van der Waals surface area contributed by atoms with Crippen molar-refractivity contribution in [1.82, 2.24) is 0 Å². The van der Waals surface area contributed by atoms with Crippen molar-refractivity contribution in [2.75, 3.05) is 13.9 Å². The average Bonchev–Trinajstić information content (AvgIpc) is 2.25. The van der Waals surface area contributed by atoms with Crippen molar-refractivity contribution in [3.05, 3.63) is 29.1 Å². The Morgan fingerprint density at radius 1 is 1.35 bits per heavy atom. The Kier molecular flexibility index (Phi) is 4.06. The molecular formula is C10H8F4O3. The summed E-state index contributed by atoms with van der Waals surface area (Å²) in [6.07, 6.45) is -4.86. The summed E-state index contributed by atoms with van der Waals surface area (Å²) in [6.45, 7) is -0.459. The normalized spacial score (nSPS) is 11.4. The van der Waals surface area contributed by atoms with Crippen LogP contribution in [0.3, 0.4) is 0 Å². The SMILES string of the molecule is COCOc1c(F)ccc(C(F)(F)F)c1C=O. The van der Waals surface area contributed by atoms with E-state index in [4.69, 9.17) is 0 Å². The molecule has 0 unspecified atom stereocenters. The molecule has 0 saturated heterocycles. The topological polar surface area (TPSA) is 35.5 Å². The summed E-state index contributed by atoms with van der Waals surface area (Å²) in [7, 11) is 1.21. The molecule has 0 atom stereocenters. The molecule has 94 valence electrons. The Hall–Kier alpha value is -1.63. The number of carbonyl (C=O) groups is 1. The molecule has 7 heteroatoms. The third kappa shape index (κ3) is 2.94. The van der Waals surface area contributed by atoms with Gasteiger partial charge in [0.25, 0.3) is 0 Å². The maximum atomic E-state index is 13.2. The summed E-state index contributed by atoms with van der Waals surface area (Å²) in [5, 5.41) is 0. The fourth-order valence-electron chi connectivity index (χ4n) is 1.20. The summed E-state index contributed by atoms with van der Waals surface area (Å²) in [5.74, 6) is -1.83. The van der Waals surface area contributed by atoms with Crippen LogP contribution < -0.4 is 4.74 Å². The van der Waals surface area contributed by atoms with Crippen molar-refractivity contribution in [3.63, 3.8) is 0 Å². The molecule has 0 aromatic heterocycles. The first kappa shape index (κ1) is 13.4. The molecule has 0 aliphatic heterocycles. The average molecular weight is 252 g/mol. The van der Waals surface area contributed by atoms with E-state index in [-0.39, 0.29) is 6.29 Å². The molecule has 0 radical (unpaired) electrons. The highest BCUT2D eigenvalue weighted by atomic mass is 19.4. The van der Waals surface area contributed by atoms with Gasteiger partial charge in [-0.25, -0.2) is 4.39 Å². The van der Waals surface area contributed by atoms with Gasteiger partial charge >= 0.3 is 6.18 Å². The van der Waals surface area contributed by atoms with E-state index in [0.29, 0.717) is 12.1 Å². The van der Waals surface area contributed by atoms with Crippen LogP contribution in [0, 0.1) is 5.82 Å². The Balaban J connectivity index is 3.31. The van der Waals surface area contributed by atoms with Gasteiger partial charge in [-0.2, -0.15) is 13.2 Å².